The first-order valence-electron chi connectivity index (χ1n) is 9.37. The normalized spacial score (nSPS) is 11.5. The Morgan fingerprint density at radius 1 is 0.710 bits per heavy atom. The molecule has 31 heavy (non-hydrogen) atoms. The van der Waals surface area contributed by atoms with E-state index < -0.39 is 29.0 Å². The van der Waals surface area contributed by atoms with Gasteiger partial charge in [-0.1, -0.05) is 91.0 Å². The first kappa shape index (κ1) is 21.5. The summed E-state index contributed by atoms with van der Waals surface area (Å²) in [7, 11) is 0. The fraction of sp³-hybridized carbons (Fsp3) is 0.0417. The first-order valence-corrected chi connectivity index (χ1v) is 9.37. The minimum Gasteiger partial charge on any atom is -0.507 e. The van der Waals surface area contributed by atoms with Crippen LogP contribution < -0.4 is 10.9 Å². The van der Waals surface area contributed by atoms with Gasteiger partial charge in [0.05, 0.1) is 0 Å². The number of benzene rings is 3. The van der Waals surface area contributed by atoms with Crippen LogP contribution in [0.2, 0.25) is 0 Å². The van der Waals surface area contributed by atoms with Crippen LogP contribution in [0.4, 0.5) is 0 Å². The predicted molar refractivity (Wildman–Crippen MR) is 114 cm³/mol. The van der Waals surface area contributed by atoms with Crippen LogP contribution in [0.25, 0.3) is 5.76 Å². The molecule has 7 nitrogen and oxygen atoms in total. The molecule has 0 aliphatic carbocycles. The molecule has 0 radical (unpaired) electrons. The summed E-state index contributed by atoms with van der Waals surface area (Å²) >= 11 is 0. The third kappa shape index (κ3) is 4.85. The van der Waals surface area contributed by atoms with Crippen LogP contribution in [0, 0.1) is 0 Å². The van der Waals surface area contributed by atoms with Gasteiger partial charge in [-0.05, 0) is 11.1 Å². The largest absolute Gasteiger partial charge is 0.507 e. The van der Waals surface area contributed by atoms with E-state index in [0.717, 1.165) is 6.08 Å². The number of ketones is 1. The molecule has 0 heterocycles. The van der Waals surface area contributed by atoms with Crippen molar-refractivity contribution in [2.45, 2.75) is 5.60 Å². The van der Waals surface area contributed by atoms with Crippen LogP contribution in [0.3, 0.4) is 0 Å². The maximum atomic E-state index is 12.9. The summed E-state index contributed by atoms with van der Waals surface area (Å²) in [6.07, 6.45) is 0.747. The smallest absolute Gasteiger partial charge is 0.310 e. The highest BCUT2D eigenvalue weighted by molar-refractivity contribution is 6.41. The number of carbonyl (C=O) groups is 3. The molecule has 3 rings (SSSR count). The molecule has 0 fully saturated rings. The van der Waals surface area contributed by atoms with Gasteiger partial charge in [0.15, 0.2) is 5.60 Å². The highest BCUT2D eigenvalue weighted by atomic mass is 16.3. The molecule has 4 N–H and O–H groups in total. The zero-order valence-electron chi connectivity index (χ0n) is 16.4. The molecule has 7 heteroatoms. The second-order valence-electron chi connectivity index (χ2n) is 6.61. The second kappa shape index (κ2) is 9.51. The summed E-state index contributed by atoms with van der Waals surface area (Å²) < 4.78 is 0. The van der Waals surface area contributed by atoms with Gasteiger partial charge in [-0.2, -0.15) is 0 Å². The number of hydrogen-bond acceptors (Lipinski definition) is 5. The van der Waals surface area contributed by atoms with E-state index in [9.17, 15) is 24.6 Å². The zero-order chi connectivity index (χ0) is 22.3. The van der Waals surface area contributed by atoms with Gasteiger partial charge in [0.2, 0.25) is 5.78 Å². The minimum absolute atomic E-state index is 0.279. The van der Waals surface area contributed by atoms with Gasteiger partial charge < -0.3 is 10.2 Å². The van der Waals surface area contributed by atoms with Gasteiger partial charge in [-0.25, -0.2) is 0 Å². The fourth-order valence-corrected chi connectivity index (χ4v) is 2.94. The Bertz CT molecular complexity index is 1060. The average Bonchev–Trinajstić information content (AvgIpc) is 2.83. The minimum atomic E-state index is -2.11. The number of nitrogens with one attached hydrogen (secondary N) is 2. The molecule has 0 spiro atoms. The molecule has 2 amide bonds. The summed E-state index contributed by atoms with van der Waals surface area (Å²) in [6, 6.07) is 24.6. The average molecular weight is 416 g/mol. The first-order chi connectivity index (χ1) is 14.9. The number of hydrazine groups is 1. The highest BCUT2D eigenvalue weighted by Gasteiger charge is 2.40. The Morgan fingerprint density at radius 2 is 1.16 bits per heavy atom. The number of aliphatic hydroxyl groups excluding tert-OH is 1. The Hall–Kier alpha value is -4.23. The Morgan fingerprint density at radius 3 is 1.65 bits per heavy atom. The summed E-state index contributed by atoms with van der Waals surface area (Å²) in [5.74, 6) is -3.61. The van der Waals surface area contributed by atoms with Gasteiger partial charge in [-0.15, -0.1) is 0 Å². The number of aliphatic hydroxyl groups is 2. The lowest BCUT2D eigenvalue weighted by Gasteiger charge is -2.27. The molecule has 0 aromatic heterocycles. The summed E-state index contributed by atoms with van der Waals surface area (Å²) in [5, 5.41) is 21.2. The van der Waals surface area contributed by atoms with Gasteiger partial charge in [0.25, 0.3) is 5.91 Å². The van der Waals surface area contributed by atoms with Crippen molar-refractivity contribution in [3.63, 3.8) is 0 Å². The topological polar surface area (TPSA) is 116 Å². The van der Waals surface area contributed by atoms with E-state index in [1.165, 1.54) is 0 Å². The Labute approximate surface area is 178 Å². The number of hydrogen-bond donors (Lipinski definition) is 4. The quantitative estimate of drug-likeness (QED) is 0.213. The molecule has 0 atom stereocenters. The fourth-order valence-electron chi connectivity index (χ4n) is 2.94. The molecular weight excluding hydrogens is 396 g/mol. The number of rotatable bonds is 6. The molecule has 156 valence electrons. The standard InChI is InChI=1S/C24H20N2O5/c27-20(17-10-4-1-5-11-17)16-21(28)22(29)25-26-23(30)24(31,18-12-6-2-7-13-18)19-14-8-3-9-15-19/h1-16,27,31H,(H,25,29)(H,26,30). The van der Waals surface area contributed by atoms with Crippen molar-refractivity contribution in [1.29, 1.82) is 0 Å². The van der Waals surface area contributed by atoms with E-state index >= 15 is 0 Å². The van der Waals surface area contributed by atoms with E-state index in [1.54, 1.807) is 91.0 Å². The molecule has 3 aromatic rings. The molecule has 3 aromatic carbocycles. The lowest BCUT2D eigenvalue weighted by molar-refractivity contribution is -0.142. The summed E-state index contributed by atoms with van der Waals surface area (Å²) in [4.78, 5) is 37.1. The molecular formula is C24H20N2O5. The van der Waals surface area contributed by atoms with Crippen molar-refractivity contribution in [2.24, 2.45) is 0 Å². The lowest BCUT2D eigenvalue weighted by atomic mass is 9.85. The van der Waals surface area contributed by atoms with Gasteiger partial charge >= 0.3 is 5.91 Å². The van der Waals surface area contributed by atoms with Crippen LogP contribution in [-0.2, 0) is 20.0 Å². The van der Waals surface area contributed by atoms with Crippen molar-refractivity contribution >= 4 is 23.4 Å². The second-order valence-corrected chi connectivity index (χ2v) is 6.61. The van der Waals surface area contributed by atoms with Crippen molar-refractivity contribution in [1.82, 2.24) is 10.9 Å². The molecule has 0 aliphatic heterocycles. The van der Waals surface area contributed by atoms with E-state index in [4.69, 9.17) is 0 Å². The van der Waals surface area contributed by atoms with Crippen LogP contribution >= 0.6 is 0 Å². The van der Waals surface area contributed by atoms with E-state index in [2.05, 4.69) is 5.43 Å². The third-order valence-electron chi connectivity index (χ3n) is 4.56. The maximum absolute atomic E-state index is 12.9. The predicted octanol–water partition coefficient (Wildman–Crippen LogP) is 2.24. The Kier molecular flexibility index (Phi) is 6.59. The lowest BCUT2D eigenvalue weighted by Crippen LogP contribution is -2.53. The van der Waals surface area contributed by atoms with Crippen molar-refractivity contribution in [2.75, 3.05) is 0 Å². The van der Waals surface area contributed by atoms with Gasteiger partial charge in [0, 0.05) is 11.6 Å². The third-order valence-corrected chi connectivity index (χ3v) is 4.56. The summed E-state index contributed by atoms with van der Waals surface area (Å²) in [6.45, 7) is 0. The zero-order valence-corrected chi connectivity index (χ0v) is 16.4. The van der Waals surface area contributed by atoms with Crippen LogP contribution in [0.5, 0.6) is 0 Å². The molecule has 0 bridgehead atoms. The van der Waals surface area contributed by atoms with E-state index in [0.29, 0.717) is 5.56 Å². The summed E-state index contributed by atoms with van der Waals surface area (Å²) in [5.41, 5.74) is 2.88. The van der Waals surface area contributed by atoms with Crippen molar-refractivity contribution < 1.29 is 24.6 Å². The van der Waals surface area contributed by atoms with Gasteiger partial charge in [-0.3, -0.25) is 25.2 Å². The molecule has 0 saturated heterocycles. The van der Waals surface area contributed by atoms with Crippen LogP contribution in [-0.4, -0.2) is 27.8 Å². The highest BCUT2D eigenvalue weighted by Crippen LogP contribution is 2.29. The van der Waals surface area contributed by atoms with Crippen molar-refractivity contribution in [3.05, 3.63) is 114 Å². The molecule has 0 saturated carbocycles. The SMILES string of the molecule is O=C(C=C(O)c1ccccc1)C(=O)NNC(=O)C(O)(c1ccccc1)c1ccccc1. The maximum Gasteiger partial charge on any atom is 0.310 e. The Balaban J connectivity index is 1.76. The van der Waals surface area contributed by atoms with Crippen molar-refractivity contribution in [3.8, 4) is 0 Å². The van der Waals surface area contributed by atoms with Crippen LogP contribution in [0.1, 0.15) is 16.7 Å². The number of amides is 2. The van der Waals surface area contributed by atoms with E-state index in [1.807, 2.05) is 5.43 Å². The monoisotopic (exact) mass is 416 g/mol. The van der Waals surface area contributed by atoms with Crippen LogP contribution in [0.15, 0.2) is 97.1 Å². The molecule has 0 aliphatic rings. The molecule has 0 unspecified atom stereocenters. The number of carbonyl (C=O) groups excluding carboxylic acids is 3. The van der Waals surface area contributed by atoms with E-state index in [-0.39, 0.29) is 11.1 Å². The van der Waals surface area contributed by atoms with Gasteiger partial charge in [0.1, 0.15) is 5.76 Å².